The largest absolute Gasteiger partial charge is 0.355 e. The van der Waals surface area contributed by atoms with Crippen molar-refractivity contribution in [1.29, 1.82) is 0 Å². The zero-order valence-corrected chi connectivity index (χ0v) is 16.4. The minimum Gasteiger partial charge on any atom is -0.355 e. The molecule has 0 aliphatic carbocycles. The topological polar surface area (TPSA) is 97.5 Å². The Morgan fingerprint density at radius 1 is 1.18 bits per heavy atom. The summed E-state index contributed by atoms with van der Waals surface area (Å²) in [4.78, 5) is 37.4. The fourth-order valence-corrected chi connectivity index (χ4v) is 3.10. The van der Waals surface area contributed by atoms with Gasteiger partial charge in [0.2, 0.25) is 0 Å². The maximum atomic E-state index is 12.9. The monoisotopic (exact) mass is 381 g/mol. The summed E-state index contributed by atoms with van der Waals surface area (Å²) in [6, 6.07) is 5.10. The first kappa shape index (κ1) is 19.3. The molecule has 0 bridgehead atoms. The van der Waals surface area contributed by atoms with Gasteiger partial charge >= 0.3 is 0 Å². The van der Waals surface area contributed by atoms with Gasteiger partial charge in [0.05, 0.1) is 5.56 Å². The number of benzene rings is 1. The fraction of sp³-hybridized carbons (Fsp3) is 0.300. The molecule has 0 radical (unpaired) electrons. The number of nitrogens with zero attached hydrogens (tertiary/aromatic N) is 3. The normalized spacial score (nSPS) is 10.9. The lowest BCUT2D eigenvalue weighted by atomic mass is 10.1. The maximum Gasteiger partial charge on any atom is 0.277 e. The van der Waals surface area contributed by atoms with Gasteiger partial charge < -0.3 is 10.6 Å². The fourth-order valence-electron chi connectivity index (χ4n) is 3.10. The third-order valence-corrected chi connectivity index (χ3v) is 4.70. The molecule has 0 unspecified atom stereocenters. The summed E-state index contributed by atoms with van der Waals surface area (Å²) in [6.45, 7) is 6.13. The Morgan fingerprint density at radius 3 is 2.61 bits per heavy atom. The molecular formula is C20H23N5O3. The smallest absolute Gasteiger partial charge is 0.277 e. The number of aromatic nitrogens is 3. The summed E-state index contributed by atoms with van der Waals surface area (Å²) in [7, 11) is 1.55. The molecule has 1 aromatic carbocycles. The highest BCUT2D eigenvalue weighted by Gasteiger charge is 2.19. The van der Waals surface area contributed by atoms with E-state index in [0.29, 0.717) is 34.4 Å². The SMILES string of the molecule is CCCn1cnn2cc(C(=O)Nc3cc(C(=O)NC)ccc3C)c(C)c2c1=O. The highest BCUT2D eigenvalue weighted by molar-refractivity contribution is 6.07. The minimum absolute atomic E-state index is 0.175. The molecule has 3 aromatic rings. The van der Waals surface area contributed by atoms with Crippen LogP contribution in [-0.2, 0) is 6.54 Å². The van der Waals surface area contributed by atoms with Gasteiger partial charge in [-0.3, -0.25) is 19.0 Å². The number of anilines is 1. The van der Waals surface area contributed by atoms with Crippen molar-refractivity contribution < 1.29 is 9.59 Å². The van der Waals surface area contributed by atoms with Crippen LogP contribution in [0.4, 0.5) is 5.69 Å². The van der Waals surface area contributed by atoms with E-state index in [1.807, 2.05) is 13.8 Å². The van der Waals surface area contributed by atoms with Crippen molar-refractivity contribution >= 4 is 23.0 Å². The lowest BCUT2D eigenvalue weighted by Crippen LogP contribution is -2.23. The third kappa shape index (κ3) is 3.40. The number of rotatable bonds is 5. The van der Waals surface area contributed by atoms with Crippen LogP contribution in [-0.4, -0.2) is 33.0 Å². The molecule has 0 atom stereocenters. The van der Waals surface area contributed by atoms with Crippen molar-refractivity contribution in [2.75, 3.05) is 12.4 Å². The van der Waals surface area contributed by atoms with Crippen LogP contribution in [0.2, 0.25) is 0 Å². The Labute approximate surface area is 162 Å². The molecule has 0 saturated carbocycles. The van der Waals surface area contributed by atoms with E-state index in [-0.39, 0.29) is 17.4 Å². The summed E-state index contributed by atoms with van der Waals surface area (Å²) in [6.07, 6.45) is 3.85. The molecule has 0 fully saturated rings. The molecule has 0 aliphatic heterocycles. The lowest BCUT2D eigenvalue weighted by Gasteiger charge is -2.10. The van der Waals surface area contributed by atoms with E-state index >= 15 is 0 Å². The van der Waals surface area contributed by atoms with Crippen LogP contribution in [0.5, 0.6) is 0 Å². The van der Waals surface area contributed by atoms with Crippen molar-refractivity contribution in [3.8, 4) is 0 Å². The van der Waals surface area contributed by atoms with E-state index in [0.717, 1.165) is 12.0 Å². The summed E-state index contributed by atoms with van der Waals surface area (Å²) < 4.78 is 2.98. The standard InChI is InChI=1S/C20H23N5O3/c1-5-8-24-11-22-25-10-15(13(3)17(25)20(24)28)19(27)23-16-9-14(18(26)21-4)7-6-12(16)2/h6-7,9-11H,5,8H2,1-4H3,(H,21,26)(H,23,27). The molecule has 0 spiro atoms. The second-order valence-corrected chi connectivity index (χ2v) is 6.65. The van der Waals surface area contributed by atoms with E-state index in [1.165, 1.54) is 10.8 Å². The highest BCUT2D eigenvalue weighted by Crippen LogP contribution is 2.20. The minimum atomic E-state index is -0.360. The zero-order chi connectivity index (χ0) is 20.4. The van der Waals surface area contributed by atoms with Crippen LogP contribution in [0.3, 0.4) is 0 Å². The molecule has 28 heavy (non-hydrogen) atoms. The van der Waals surface area contributed by atoms with Gasteiger partial charge in [0.15, 0.2) is 0 Å². The summed E-state index contributed by atoms with van der Waals surface area (Å²) >= 11 is 0. The van der Waals surface area contributed by atoms with Gasteiger partial charge in [-0.25, -0.2) is 4.52 Å². The van der Waals surface area contributed by atoms with Gasteiger partial charge in [-0.15, -0.1) is 0 Å². The number of amides is 2. The van der Waals surface area contributed by atoms with Crippen molar-refractivity contribution in [1.82, 2.24) is 19.5 Å². The molecule has 8 nitrogen and oxygen atoms in total. The van der Waals surface area contributed by atoms with Crippen molar-refractivity contribution in [3.63, 3.8) is 0 Å². The Balaban J connectivity index is 1.99. The molecule has 2 amide bonds. The van der Waals surface area contributed by atoms with Gasteiger partial charge in [-0.05, 0) is 43.5 Å². The Bertz CT molecular complexity index is 1130. The maximum absolute atomic E-state index is 12.9. The Morgan fingerprint density at radius 2 is 1.93 bits per heavy atom. The molecule has 0 saturated heterocycles. The zero-order valence-electron chi connectivity index (χ0n) is 16.4. The molecule has 0 aliphatic rings. The van der Waals surface area contributed by atoms with Crippen LogP contribution < -0.4 is 16.2 Å². The first-order chi connectivity index (χ1) is 13.4. The van der Waals surface area contributed by atoms with Gasteiger partial charge in [-0.1, -0.05) is 13.0 Å². The average molecular weight is 381 g/mol. The van der Waals surface area contributed by atoms with E-state index in [1.54, 1.807) is 42.9 Å². The predicted molar refractivity (Wildman–Crippen MR) is 107 cm³/mol. The van der Waals surface area contributed by atoms with Crippen molar-refractivity contribution in [2.45, 2.75) is 33.7 Å². The first-order valence-electron chi connectivity index (χ1n) is 9.08. The Hall–Kier alpha value is -3.42. The van der Waals surface area contributed by atoms with E-state index < -0.39 is 0 Å². The summed E-state index contributed by atoms with van der Waals surface area (Å²) in [5.41, 5.74) is 2.96. The lowest BCUT2D eigenvalue weighted by molar-refractivity contribution is 0.0961. The molecule has 8 heteroatoms. The van der Waals surface area contributed by atoms with Gasteiger partial charge in [0, 0.05) is 31.0 Å². The van der Waals surface area contributed by atoms with E-state index in [2.05, 4.69) is 15.7 Å². The second kappa shape index (κ2) is 7.67. The Kier molecular flexibility index (Phi) is 5.30. The van der Waals surface area contributed by atoms with Crippen LogP contribution >= 0.6 is 0 Å². The predicted octanol–water partition coefficient (Wildman–Crippen LogP) is 2.13. The van der Waals surface area contributed by atoms with Crippen LogP contribution in [0.15, 0.2) is 35.5 Å². The van der Waals surface area contributed by atoms with Crippen molar-refractivity contribution in [2.24, 2.45) is 0 Å². The molecule has 146 valence electrons. The van der Waals surface area contributed by atoms with E-state index in [9.17, 15) is 14.4 Å². The summed E-state index contributed by atoms with van der Waals surface area (Å²) in [5.74, 6) is -0.594. The molecule has 2 aromatic heterocycles. The number of hydrogen-bond donors (Lipinski definition) is 2. The van der Waals surface area contributed by atoms with E-state index in [4.69, 9.17) is 0 Å². The number of aryl methyl sites for hydroxylation is 3. The van der Waals surface area contributed by atoms with Gasteiger partial charge in [0.1, 0.15) is 11.8 Å². The summed E-state index contributed by atoms with van der Waals surface area (Å²) in [5, 5.41) is 9.64. The average Bonchev–Trinajstić information content (AvgIpc) is 3.02. The van der Waals surface area contributed by atoms with Crippen LogP contribution in [0.1, 0.15) is 45.2 Å². The number of carbonyl (C=O) groups is 2. The molecule has 2 N–H and O–H groups in total. The molecular weight excluding hydrogens is 358 g/mol. The quantitative estimate of drug-likeness (QED) is 0.707. The van der Waals surface area contributed by atoms with Crippen LogP contribution in [0.25, 0.3) is 5.52 Å². The molecule has 3 rings (SSSR count). The number of hydrogen-bond acceptors (Lipinski definition) is 4. The highest BCUT2D eigenvalue weighted by atomic mass is 16.2. The molecule has 2 heterocycles. The van der Waals surface area contributed by atoms with Crippen molar-refractivity contribution in [3.05, 3.63) is 63.3 Å². The number of fused-ring (bicyclic) bond motifs is 1. The third-order valence-electron chi connectivity index (χ3n) is 4.70. The second-order valence-electron chi connectivity index (χ2n) is 6.65. The van der Waals surface area contributed by atoms with Gasteiger partial charge in [-0.2, -0.15) is 5.10 Å². The first-order valence-corrected chi connectivity index (χ1v) is 9.08. The number of nitrogens with one attached hydrogen (secondary N) is 2. The van der Waals surface area contributed by atoms with Gasteiger partial charge in [0.25, 0.3) is 17.4 Å². The van der Waals surface area contributed by atoms with Crippen LogP contribution in [0, 0.1) is 13.8 Å². The number of carbonyl (C=O) groups excluding carboxylic acids is 2.